The summed E-state index contributed by atoms with van der Waals surface area (Å²) in [6, 6.07) is 9.65. The van der Waals surface area contributed by atoms with Gasteiger partial charge in [0.1, 0.15) is 0 Å². The van der Waals surface area contributed by atoms with Gasteiger partial charge in [-0.2, -0.15) is 0 Å². The van der Waals surface area contributed by atoms with Crippen molar-refractivity contribution in [2.24, 2.45) is 5.92 Å². The van der Waals surface area contributed by atoms with Gasteiger partial charge in [-0.3, -0.25) is 0 Å². The van der Waals surface area contributed by atoms with Gasteiger partial charge in [0.05, 0.1) is 0 Å². The van der Waals surface area contributed by atoms with Crippen LogP contribution in [0.3, 0.4) is 0 Å². The molecular formula is C18H29N. The zero-order chi connectivity index (χ0) is 13.5. The Bertz CT molecular complexity index is 372. The van der Waals surface area contributed by atoms with Crippen molar-refractivity contribution in [3.05, 3.63) is 35.4 Å². The smallest absolute Gasteiger partial charge is 0.0351 e. The maximum absolute atomic E-state index is 3.80. The minimum absolute atomic E-state index is 0.599. The van der Waals surface area contributed by atoms with E-state index in [-0.39, 0.29) is 0 Å². The van der Waals surface area contributed by atoms with Gasteiger partial charge in [-0.1, -0.05) is 57.4 Å². The summed E-state index contributed by atoms with van der Waals surface area (Å²) in [5.41, 5.74) is 3.14. The molecule has 0 saturated heterocycles. The van der Waals surface area contributed by atoms with E-state index >= 15 is 0 Å². The molecule has 106 valence electrons. The summed E-state index contributed by atoms with van der Waals surface area (Å²) in [6.45, 7) is 5.69. The number of hydrogen-bond acceptors (Lipinski definition) is 1. The van der Waals surface area contributed by atoms with Gasteiger partial charge in [-0.25, -0.2) is 0 Å². The number of aryl methyl sites for hydroxylation is 1. The minimum atomic E-state index is 0.599. The van der Waals surface area contributed by atoms with Crippen LogP contribution in [0.1, 0.15) is 69.5 Å². The van der Waals surface area contributed by atoms with E-state index in [1.165, 1.54) is 44.9 Å². The predicted molar refractivity (Wildman–Crippen MR) is 83.4 cm³/mol. The van der Waals surface area contributed by atoms with Crippen molar-refractivity contribution in [3.63, 3.8) is 0 Å². The number of hydrogen-bond donors (Lipinski definition) is 1. The van der Waals surface area contributed by atoms with Crippen molar-refractivity contribution in [2.75, 3.05) is 6.54 Å². The summed E-state index contributed by atoms with van der Waals surface area (Å²) in [6.07, 6.45) is 9.37. The molecule has 2 unspecified atom stereocenters. The molecule has 0 spiro atoms. The second-order valence-electron chi connectivity index (χ2n) is 5.93. The van der Waals surface area contributed by atoms with Gasteiger partial charge in [0, 0.05) is 6.04 Å². The predicted octanol–water partition coefficient (Wildman–Crippen LogP) is 4.87. The highest BCUT2D eigenvalue weighted by Gasteiger charge is 2.28. The molecule has 1 N–H and O–H groups in total. The van der Waals surface area contributed by atoms with Crippen LogP contribution < -0.4 is 5.32 Å². The average Bonchev–Trinajstić information content (AvgIpc) is 2.46. The summed E-state index contributed by atoms with van der Waals surface area (Å²) in [5, 5.41) is 3.80. The van der Waals surface area contributed by atoms with Crippen LogP contribution in [-0.2, 0) is 6.42 Å². The molecule has 0 bridgehead atoms. The van der Waals surface area contributed by atoms with Crippen LogP contribution in [0.5, 0.6) is 0 Å². The first-order valence-corrected chi connectivity index (χ1v) is 8.18. The fourth-order valence-electron chi connectivity index (χ4n) is 3.37. The van der Waals surface area contributed by atoms with Crippen LogP contribution in [0.4, 0.5) is 0 Å². The summed E-state index contributed by atoms with van der Waals surface area (Å²) in [5.74, 6) is 0.841. The summed E-state index contributed by atoms with van der Waals surface area (Å²) in [4.78, 5) is 0. The van der Waals surface area contributed by atoms with Crippen LogP contribution in [0.15, 0.2) is 24.3 Å². The first kappa shape index (κ1) is 14.6. The molecule has 0 heterocycles. The molecule has 1 heteroatoms. The lowest BCUT2D eigenvalue weighted by atomic mass is 9.77. The van der Waals surface area contributed by atoms with E-state index in [4.69, 9.17) is 0 Å². The van der Waals surface area contributed by atoms with Gasteiger partial charge in [-0.05, 0) is 49.3 Å². The van der Waals surface area contributed by atoms with E-state index in [9.17, 15) is 0 Å². The average molecular weight is 259 g/mol. The van der Waals surface area contributed by atoms with Gasteiger partial charge in [-0.15, -0.1) is 0 Å². The Morgan fingerprint density at radius 3 is 2.74 bits per heavy atom. The quantitative estimate of drug-likeness (QED) is 0.689. The molecule has 1 aliphatic carbocycles. The molecule has 1 aromatic carbocycles. The number of benzene rings is 1. The van der Waals surface area contributed by atoms with Gasteiger partial charge >= 0.3 is 0 Å². The molecule has 0 saturated carbocycles. The highest BCUT2D eigenvalue weighted by molar-refractivity contribution is 5.33. The lowest BCUT2D eigenvalue weighted by Gasteiger charge is -2.34. The second kappa shape index (κ2) is 7.69. The summed E-state index contributed by atoms with van der Waals surface area (Å²) >= 11 is 0. The lowest BCUT2D eigenvalue weighted by Crippen LogP contribution is -2.33. The molecule has 0 aromatic heterocycles. The maximum atomic E-state index is 3.80. The largest absolute Gasteiger partial charge is 0.310 e. The number of nitrogens with one attached hydrogen (secondary N) is 1. The number of fused-ring (bicyclic) bond motifs is 1. The maximum Gasteiger partial charge on any atom is 0.0351 e. The number of unbranched alkanes of at least 4 members (excludes halogenated alkanes) is 2. The van der Waals surface area contributed by atoms with Gasteiger partial charge in [0.2, 0.25) is 0 Å². The van der Waals surface area contributed by atoms with Crippen molar-refractivity contribution in [1.29, 1.82) is 0 Å². The molecule has 0 radical (unpaired) electrons. The Morgan fingerprint density at radius 2 is 1.95 bits per heavy atom. The van der Waals surface area contributed by atoms with Crippen molar-refractivity contribution in [2.45, 2.75) is 64.8 Å². The van der Waals surface area contributed by atoms with Gasteiger partial charge in [0.15, 0.2) is 0 Å². The van der Waals surface area contributed by atoms with Crippen LogP contribution >= 0.6 is 0 Å². The minimum Gasteiger partial charge on any atom is -0.310 e. The molecule has 0 aliphatic heterocycles. The molecule has 0 amide bonds. The molecule has 0 fully saturated rings. The SMILES string of the molecule is CCCCCC1CCc2ccccc2C1NCCC. The Balaban J connectivity index is 2.07. The fourth-order valence-corrected chi connectivity index (χ4v) is 3.37. The van der Waals surface area contributed by atoms with Crippen molar-refractivity contribution < 1.29 is 0 Å². The molecule has 2 atom stereocenters. The van der Waals surface area contributed by atoms with Gasteiger partial charge < -0.3 is 5.32 Å². The van der Waals surface area contributed by atoms with E-state index in [0.29, 0.717) is 6.04 Å². The monoisotopic (exact) mass is 259 g/mol. The van der Waals surface area contributed by atoms with Crippen LogP contribution in [0.2, 0.25) is 0 Å². The molecule has 1 aliphatic rings. The fraction of sp³-hybridized carbons (Fsp3) is 0.667. The van der Waals surface area contributed by atoms with E-state index in [1.54, 1.807) is 11.1 Å². The number of rotatable bonds is 7. The first-order valence-electron chi connectivity index (χ1n) is 8.18. The molecular weight excluding hydrogens is 230 g/mol. The zero-order valence-corrected chi connectivity index (χ0v) is 12.6. The first-order chi connectivity index (χ1) is 9.36. The zero-order valence-electron chi connectivity index (χ0n) is 12.6. The Kier molecular flexibility index (Phi) is 5.91. The van der Waals surface area contributed by atoms with Crippen molar-refractivity contribution >= 4 is 0 Å². The van der Waals surface area contributed by atoms with Crippen molar-refractivity contribution in [3.8, 4) is 0 Å². The summed E-state index contributed by atoms with van der Waals surface area (Å²) < 4.78 is 0. The van der Waals surface area contributed by atoms with Crippen molar-refractivity contribution in [1.82, 2.24) is 5.32 Å². The molecule has 1 nitrogen and oxygen atoms in total. The van der Waals surface area contributed by atoms with E-state index in [1.807, 2.05) is 0 Å². The highest BCUT2D eigenvalue weighted by atomic mass is 14.9. The third-order valence-electron chi connectivity index (χ3n) is 4.44. The van der Waals surface area contributed by atoms with E-state index < -0.39 is 0 Å². The third-order valence-corrected chi connectivity index (χ3v) is 4.44. The van der Waals surface area contributed by atoms with E-state index in [0.717, 1.165) is 12.5 Å². The highest BCUT2D eigenvalue weighted by Crippen LogP contribution is 2.37. The Morgan fingerprint density at radius 1 is 1.11 bits per heavy atom. The van der Waals surface area contributed by atoms with Crippen LogP contribution in [0.25, 0.3) is 0 Å². The second-order valence-corrected chi connectivity index (χ2v) is 5.93. The topological polar surface area (TPSA) is 12.0 Å². The van der Waals surface area contributed by atoms with Gasteiger partial charge in [0.25, 0.3) is 0 Å². The molecule has 2 rings (SSSR count). The third kappa shape index (κ3) is 3.82. The Labute approximate surface area is 118 Å². The molecule has 1 aromatic rings. The summed E-state index contributed by atoms with van der Waals surface area (Å²) in [7, 11) is 0. The standard InChI is InChI=1S/C18H29N/c1-3-5-6-10-16-13-12-15-9-7-8-11-17(15)18(16)19-14-4-2/h7-9,11,16,18-19H,3-6,10,12-14H2,1-2H3. The normalized spacial score (nSPS) is 22.2. The van der Waals surface area contributed by atoms with E-state index in [2.05, 4.69) is 43.4 Å². The lowest BCUT2D eigenvalue weighted by molar-refractivity contribution is 0.295. The molecule has 19 heavy (non-hydrogen) atoms. The van der Waals surface area contributed by atoms with Crippen LogP contribution in [-0.4, -0.2) is 6.54 Å². The Hall–Kier alpha value is -0.820. The van der Waals surface area contributed by atoms with Crippen LogP contribution in [0, 0.1) is 5.92 Å².